The molecular weight excluding hydrogens is 436 g/mol. The van der Waals surface area contributed by atoms with Crippen LogP contribution in [0.3, 0.4) is 0 Å². The van der Waals surface area contributed by atoms with E-state index < -0.39 is 10.0 Å². The first-order valence-electron chi connectivity index (χ1n) is 11.5. The van der Waals surface area contributed by atoms with Crippen molar-refractivity contribution >= 4 is 21.6 Å². The van der Waals surface area contributed by atoms with Crippen LogP contribution in [-0.2, 0) is 14.8 Å². The maximum Gasteiger partial charge on any atom is 0.264 e. The first kappa shape index (κ1) is 25.2. The summed E-state index contributed by atoms with van der Waals surface area (Å²) in [6.07, 6.45) is 0.837. The summed E-state index contributed by atoms with van der Waals surface area (Å²) in [7, 11) is -1.77. The van der Waals surface area contributed by atoms with Crippen LogP contribution in [0.5, 0.6) is 0 Å². The number of carbonyl (C=O) groups is 1. The Balaban J connectivity index is 1.70. The molecule has 33 heavy (non-hydrogen) atoms. The highest BCUT2D eigenvalue weighted by Gasteiger charge is 2.28. The highest BCUT2D eigenvalue weighted by Crippen LogP contribution is 2.28. The van der Waals surface area contributed by atoms with Crippen LogP contribution in [-0.4, -0.2) is 77.0 Å². The quantitative estimate of drug-likeness (QED) is 0.568. The van der Waals surface area contributed by atoms with Gasteiger partial charge in [0.1, 0.15) is 6.54 Å². The van der Waals surface area contributed by atoms with Crippen LogP contribution in [0.2, 0.25) is 0 Å². The van der Waals surface area contributed by atoms with Crippen LogP contribution in [0.15, 0.2) is 47.4 Å². The van der Waals surface area contributed by atoms with Gasteiger partial charge in [-0.25, -0.2) is 8.42 Å². The number of rotatable bonds is 9. The maximum atomic E-state index is 13.5. The highest BCUT2D eigenvalue weighted by atomic mass is 32.2. The van der Waals surface area contributed by atoms with E-state index in [1.54, 1.807) is 24.3 Å². The van der Waals surface area contributed by atoms with Crippen molar-refractivity contribution in [2.45, 2.75) is 32.1 Å². The molecule has 3 rings (SSSR count). The van der Waals surface area contributed by atoms with Gasteiger partial charge < -0.3 is 15.1 Å². The molecule has 0 bridgehead atoms. The number of amides is 1. The van der Waals surface area contributed by atoms with Crippen LogP contribution < -0.4 is 9.62 Å². The van der Waals surface area contributed by atoms with Crippen molar-refractivity contribution in [3.63, 3.8) is 0 Å². The summed E-state index contributed by atoms with van der Waals surface area (Å²) in [6.45, 7) is 11.1. The second-order valence-electron chi connectivity index (χ2n) is 8.96. The lowest BCUT2D eigenvalue weighted by Gasteiger charge is -2.32. The molecule has 1 aliphatic rings. The maximum absolute atomic E-state index is 13.5. The number of hydrogen-bond acceptors (Lipinski definition) is 5. The largest absolute Gasteiger partial charge is 0.354 e. The molecule has 1 N–H and O–H groups in total. The topological polar surface area (TPSA) is 73.0 Å². The minimum atomic E-state index is -3.90. The normalized spacial score (nSPS) is 15.4. The Hall–Kier alpha value is -2.42. The zero-order valence-corrected chi connectivity index (χ0v) is 21.0. The molecule has 0 radical (unpaired) electrons. The number of sulfonamides is 1. The fourth-order valence-corrected chi connectivity index (χ4v) is 5.39. The molecule has 0 aliphatic carbocycles. The van der Waals surface area contributed by atoms with Crippen LogP contribution in [0.4, 0.5) is 5.69 Å². The summed E-state index contributed by atoms with van der Waals surface area (Å²) in [5, 5.41) is 2.92. The van der Waals surface area contributed by atoms with Gasteiger partial charge in [0.05, 0.1) is 10.6 Å². The first-order chi connectivity index (χ1) is 15.7. The van der Waals surface area contributed by atoms with Crippen molar-refractivity contribution in [3.8, 4) is 0 Å². The monoisotopic (exact) mass is 472 g/mol. The lowest BCUT2D eigenvalue weighted by atomic mass is 10.1. The molecule has 180 valence electrons. The molecule has 0 saturated carbocycles. The Morgan fingerprint density at radius 1 is 0.970 bits per heavy atom. The van der Waals surface area contributed by atoms with Crippen LogP contribution in [0.25, 0.3) is 0 Å². The number of piperazine rings is 1. The fourth-order valence-electron chi connectivity index (χ4n) is 3.91. The third-order valence-electron chi connectivity index (χ3n) is 6.10. The van der Waals surface area contributed by atoms with Gasteiger partial charge in [-0.15, -0.1) is 0 Å². The molecule has 1 heterocycles. The molecule has 7 nitrogen and oxygen atoms in total. The second-order valence-corrected chi connectivity index (χ2v) is 10.8. The number of nitrogens with one attached hydrogen (secondary N) is 1. The van der Waals surface area contributed by atoms with Gasteiger partial charge in [0.25, 0.3) is 10.0 Å². The highest BCUT2D eigenvalue weighted by molar-refractivity contribution is 7.92. The van der Waals surface area contributed by atoms with Crippen LogP contribution in [0, 0.1) is 20.8 Å². The fraction of sp³-hybridized carbons (Fsp3) is 0.480. The third kappa shape index (κ3) is 6.79. The zero-order valence-electron chi connectivity index (χ0n) is 20.2. The number of anilines is 1. The third-order valence-corrected chi connectivity index (χ3v) is 7.87. The van der Waals surface area contributed by atoms with Gasteiger partial charge in [-0.3, -0.25) is 9.10 Å². The number of aryl methyl sites for hydroxylation is 3. The first-order valence-corrected chi connectivity index (χ1v) is 12.9. The van der Waals surface area contributed by atoms with E-state index in [4.69, 9.17) is 0 Å². The van der Waals surface area contributed by atoms with Crippen molar-refractivity contribution in [2.24, 2.45) is 0 Å². The molecule has 1 saturated heterocycles. The Morgan fingerprint density at radius 2 is 1.61 bits per heavy atom. The van der Waals surface area contributed by atoms with Gasteiger partial charge in [-0.2, -0.15) is 0 Å². The Kier molecular flexibility index (Phi) is 8.51. The van der Waals surface area contributed by atoms with Crippen LogP contribution in [0.1, 0.15) is 23.1 Å². The molecule has 8 heteroatoms. The Bertz CT molecular complexity index is 1050. The van der Waals surface area contributed by atoms with Gasteiger partial charge in [0.2, 0.25) is 5.91 Å². The Morgan fingerprint density at radius 3 is 2.27 bits per heavy atom. The van der Waals surface area contributed by atoms with Crippen molar-refractivity contribution in [3.05, 3.63) is 59.2 Å². The van der Waals surface area contributed by atoms with Gasteiger partial charge in [0.15, 0.2) is 0 Å². The molecule has 1 aliphatic heterocycles. The van der Waals surface area contributed by atoms with Crippen molar-refractivity contribution in [2.75, 3.05) is 57.2 Å². The minimum Gasteiger partial charge on any atom is -0.354 e. The summed E-state index contributed by atoms with van der Waals surface area (Å²) in [5.41, 5.74) is 3.25. The summed E-state index contributed by atoms with van der Waals surface area (Å²) in [5.74, 6) is -0.301. The van der Waals surface area contributed by atoms with Crippen molar-refractivity contribution < 1.29 is 13.2 Å². The summed E-state index contributed by atoms with van der Waals surface area (Å²) < 4.78 is 28.3. The van der Waals surface area contributed by atoms with Gasteiger partial charge in [0, 0.05) is 32.7 Å². The van der Waals surface area contributed by atoms with Crippen molar-refractivity contribution in [1.82, 2.24) is 15.1 Å². The second kappa shape index (κ2) is 11.1. The van der Waals surface area contributed by atoms with E-state index in [1.165, 1.54) is 4.31 Å². The van der Waals surface area contributed by atoms with E-state index in [2.05, 4.69) is 22.2 Å². The lowest BCUT2D eigenvalue weighted by molar-refractivity contribution is -0.119. The number of hydrogen-bond donors (Lipinski definition) is 1. The molecule has 2 aromatic rings. The molecule has 0 aromatic heterocycles. The Labute approximate surface area is 198 Å². The van der Waals surface area contributed by atoms with Gasteiger partial charge >= 0.3 is 0 Å². The number of likely N-dealkylation sites (N-methyl/N-ethyl adjacent to an activating group) is 1. The van der Waals surface area contributed by atoms with Crippen LogP contribution >= 0.6 is 0 Å². The molecule has 2 aromatic carbocycles. The van der Waals surface area contributed by atoms with E-state index in [0.29, 0.717) is 12.2 Å². The molecule has 1 amide bonds. The summed E-state index contributed by atoms with van der Waals surface area (Å²) >= 11 is 0. The van der Waals surface area contributed by atoms with E-state index in [-0.39, 0.29) is 17.3 Å². The number of nitrogens with zero attached hydrogens (tertiary/aromatic N) is 3. The standard InChI is InChI=1S/C25H36N4O3S/c1-20-7-10-23(11-8-20)33(31,32)29(24-18-21(2)6-9-22(24)3)19-25(30)26-12-5-13-28-16-14-27(4)15-17-28/h6-11,18H,5,12-17,19H2,1-4H3,(H,26,30). The predicted molar refractivity (Wildman–Crippen MR) is 133 cm³/mol. The lowest BCUT2D eigenvalue weighted by Crippen LogP contribution is -2.45. The predicted octanol–water partition coefficient (Wildman–Crippen LogP) is 2.56. The average molecular weight is 473 g/mol. The molecule has 0 unspecified atom stereocenters. The SMILES string of the molecule is Cc1ccc(S(=O)(=O)N(CC(=O)NCCCN2CCN(C)CC2)c2cc(C)ccc2C)cc1. The van der Waals surface area contributed by atoms with Crippen molar-refractivity contribution in [1.29, 1.82) is 0 Å². The number of benzene rings is 2. The molecular formula is C25H36N4O3S. The van der Waals surface area contributed by atoms with Gasteiger partial charge in [-0.05, 0) is 70.1 Å². The minimum absolute atomic E-state index is 0.178. The molecule has 0 spiro atoms. The van der Waals surface area contributed by atoms with E-state index in [9.17, 15) is 13.2 Å². The van der Waals surface area contributed by atoms with E-state index in [0.717, 1.165) is 55.8 Å². The smallest absolute Gasteiger partial charge is 0.264 e. The van der Waals surface area contributed by atoms with E-state index >= 15 is 0 Å². The zero-order chi connectivity index (χ0) is 24.0. The summed E-state index contributed by atoms with van der Waals surface area (Å²) in [6, 6.07) is 12.4. The average Bonchev–Trinajstić information content (AvgIpc) is 2.78. The van der Waals surface area contributed by atoms with Gasteiger partial charge in [-0.1, -0.05) is 29.8 Å². The molecule has 0 atom stereocenters. The summed E-state index contributed by atoms with van der Waals surface area (Å²) in [4.78, 5) is 17.7. The molecule has 1 fully saturated rings. The number of carbonyl (C=O) groups excluding carboxylic acids is 1. The van der Waals surface area contributed by atoms with E-state index in [1.807, 2.05) is 39.0 Å².